The quantitative estimate of drug-likeness (QED) is 0.334. The van der Waals surface area contributed by atoms with Gasteiger partial charge in [0.25, 0.3) is 5.91 Å². The Morgan fingerprint density at radius 3 is 2.38 bits per heavy atom. The molecule has 1 amide bonds. The van der Waals surface area contributed by atoms with Crippen LogP contribution in [0, 0.1) is 5.82 Å². The highest BCUT2D eigenvalue weighted by atomic mass is 35.5. The molecule has 1 unspecified atom stereocenters. The van der Waals surface area contributed by atoms with Gasteiger partial charge in [0, 0.05) is 11.6 Å². The first-order valence-electron chi connectivity index (χ1n) is 11.1. The summed E-state index contributed by atoms with van der Waals surface area (Å²) in [6, 6.07) is 18.2. The predicted molar refractivity (Wildman–Crippen MR) is 131 cm³/mol. The van der Waals surface area contributed by atoms with Crippen molar-refractivity contribution in [2.45, 2.75) is 38.8 Å². The van der Waals surface area contributed by atoms with Crippen LogP contribution in [0.25, 0.3) is 11.0 Å². The highest BCUT2D eigenvalue weighted by molar-refractivity contribution is 6.31. The molecule has 0 spiro atoms. The van der Waals surface area contributed by atoms with Gasteiger partial charge in [0.1, 0.15) is 11.4 Å². The standard InChI is InChI=1S/C28H23ClFNO3/c1-28(2,3)18-10-8-16(9-11-18)24-23-25(32)20-14-19(30)12-13-22(20)34-26(23)27(33)31(24)15-17-6-4-5-7-21(17)29/h4-14,24H,15H2,1-3H3. The average molecular weight is 476 g/mol. The average Bonchev–Trinajstić information content (AvgIpc) is 3.07. The van der Waals surface area contributed by atoms with E-state index >= 15 is 0 Å². The minimum Gasteiger partial charge on any atom is -0.450 e. The zero-order chi connectivity index (χ0) is 24.2. The molecule has 2 heterocycles. The van der Waals surface area contributed by atoms with E-state index in [1.807, 2.05) is 42.5 Å². The van der Waals surface area contributed by atoms with Gasteiger partial charge in [0.15, 0.2) is 5.43 Å². The summed E-state index contributed by atoms with van der Waals surface area (Å²) in [5.41, 5.74) is 2.60. The van der Waals surface area contributed by atoms with Crippen LogP contribution in [0.1, 0.15) is 59.6 Å². The van der Waals surface area contributed by atoms with Crippen LogP contribution in [0.2, 0.25) is 5.02 Å². The lowest BCUT2D eigenvalue weighted by molar-refractivity contribution is 0.0714. The number of fused-ring (bicyclic) bond motifs is 2. The molecule has 34 heavy (non-hydrogen) atoms. The molecule has 6 heteroatoms. The van der Waals surface area contributed by atoms with Gasteiger partial charge < -0.3 is 9.32 Å². The molecule has 1 aromatic heterocycles. The largest absolute Gasteiger partial charge is 0.450 e. The lowest BCUT2D eigenvalue weighted by atomic mass is 9.86. The summed E-state index contributed by atoms with van der Waals surface area (Å²) < 4.78 is 19.8. The number of carbonyl (C=O) groups is 1. The van der Waals surface area contributed by atoms with Crippen LogP contribution in [0.15, 0.2) is 75.9 Å². The maximum atomic E-state index is 14.0. The molecule has 1 atom stereocenters. The van der Waals surface area contributed by atoms with Gasteiger partial charge in [-0.2, -0.15) is 0 Å². The SMILES string of the molecule is CC(C)(C)c1ccc(C2c3c(oc4ccc(F)cc4c3=O)C(=O)N2Cc2ccccc2Cl)cc1. The fourth-order valence-electron chi connectivity index (χ4n) is 4.48. The van der Waals surface area contributed by atoms with Gasteiger partial charge in [0.2, 0.25) is 5.76 Å². The van der Waals surface area contributed by atoms with Gasteiger partial charge in [-0.1, -0.05) is 74.8 Å². The topological polar surface area (TPSA) is 50.5 Å². The fourth-order valence-corrected chi connectivity index (χ4v) is 4.67. The third kappa shape index (κ3) is 3.70. The van der Waals surface area contributed by atoms with Crippen LogP contribution in [-0.4, -0.2) is 10.8 Å². The van der Waals surface area contributed by atoms with E-state index in [4.69, 9.17) is 16.0 Å². The molecule has 0 N–H and O–H groups in total. The molecule has 4 nitrogen and oxygen atoms in total. The first kappa shape index (κ1) is 22.4. The molecule has 172 valence electrons. The molecule has 0 aliphatic carbocycles. The fraction of sp³-hybridized carbons (Fsp3) is 0.214. The van der Waals surface area contributed by atoms with E-state index in [-0.39, 0.29) is 34.3 Å². The Balaban J connectivity index is 1.71. The van der Waals surface area contributed by atoms with E-state index in [1.165, 1.54) is 12.1 Å². The molecule has 5 rings (SSSR count). The maximum absolute atomic E-state index is 14.0. The van der Waals surface area contributed by atoms with Crippen LogP contribution in [0.3, 0.4) is 0 Å². The number of hydrogen-bond donors (Lipinski definition) is 0. The summed E-state index contributed by atoms with van der Waals surface area (Å²) in [6.45, 7) is 6.55. The second kappa shape index (κ2) is 8.10. The Labute approximate surface area is 201 Å². The number of carbonyl (C=O) groups excluding carboxylic acids is 1. The van der Waals surface area contributed by atoms with E-state index in [2.05, 4.69) is 20.8 Å². The molecule has 0 saturated heterocycles. The summed E-state index contributed by atoms with van der Waals surface area (Å²) in [5, 5.41) is 0.641. The van der Waals surface area contributed by atoms with Crippen molar-refractivity contribution < 1.29 is 13.6 Å². The molecular formula is C28H23ClFNO3. The van der Waals surface area contributed by atoms with Gasteiger partial charge in [0.05, 0.1) is 17.0 Å². The van der Waals surface area contributed by atoms with Crippen molar-refractivity contribution in [2.75, 3.05) is 0 Å². The number of amides is 1. The van der Waals surface area contributed by atoms with Gasteiger partial charge >= 0.3 is 0 Å². The second-order valence-electron chi connectivity index (χ2n) is 9.61. The third-order valence-electron chi connectivity index (χ3n) is 6.32. The molecule has 1 aliphatic heterocycles. The van der Waals surface area contributed by atoms with E-state index in [0.717, 1.165) is 22.8 Å². The number of hydrogen-bond acceptors (Lipinski definition) is 3. The first-order valence-corrected chi connectivity index (χ1v) is 11.4. The minimum atomic E-state index is -0.684. The van der Waals surface area contributed by atoms with Crippen molar-refractivity contribution in [2.24, 2.45) is 0 Å². The Morgan fingerprint density at radius 2 is 1.71 bits per heavy atom. The highest BCUT2D eigenvalue weighted by Gasteiger charge is 2.43. The summed E-state index contributed by atoms with van der Waals surface area (Å²) in [4.78, 5) is 28.7. The van der Waals surface area contributed by atoms with Crippen molar-refractivity contribution in [3.8, 4) is 0 Å². The van der Waals surface area contributed by atoms with E-state index in [0.29, 0.717) is 5.02 Å². The summed E-state index contributed by atoms with van der Waals surface area (Å²) >= 11 is 6.40. The molecule has 0 bridgehead atoms. The zero-order valence-electron chi connectivity index (χ0n) is 19.1. The highest BCUT2D eigenvalue weighted by Crippen LogP contribution is 2.40. The van der Waals surface area contributed by atoms with Crippen molar-refractivity contribution in [3.63, 3.8) is 0 Å². The summed E-state index contributed by atoms with van der Waals surface area (Å²) in [7, 11) is 0. The van der Waals surface area contributed by atoms with Crippen LogP contribution in [0.5, 0.6) is 0 Å². The third-order valence-corrected chi connectivity index (χ3v) is 6.69. The molecule has 4 aromatic rings. The van der Waals surface area contributed by atoms with Crippen molar-refractivity contribution in [1.82, 2.24) is 4.90 Å². The van der Waals surface area contributed by atoms with Gasteiger partial charge in [-0.15, -0.1) is 0 Å². The smallest absolute Gasteiger partial charge is 0.291 e. The summed E-state index contributed by atoms with van der Waals surface area (Å²) in [6.07, 6.45) is 0. The van der Waals surface area contributed by atoms with E-state index in [1.54, 1.807) is 11.0 Å². The molecule has 3 aromatic carbocycles. The van der Waals surface area contributed by atoms with Crippen LogP contribution >= 0.6 is 11.6 Å². The number of benzene rings is 3. The van der Waals surface area contributed by atoms with Crippen LogP contribution in [-0.2, 0) is 12.0 Å². The monoisotopic (exact) mass is 475 g/mol. The lowest BCUT2D eigenvalue weighted by Crippen LogP contribution is -2.29. The van der Waals surface area contributed by atoms with Crippen molar-refractivity contribution in [1.29, 1.82) is 0 Å². The molecule has 1 aliphatic rings. The number of halogens is 2. The van der Waals surface area contributed by atoms with Crippen LogP contribution < -0.4 is 5.43 Å². The second-order valence-corrected chi connectivity index (χ2v) is 10.0. The predicted octanol–water partition coefficient (Wildman–Crippen LogP) is 6.63. The Kier molecular flexibility index (Phi) is 5.33. The molecule has 0 saturated carbocycles. The molecular weight excluding hydrogens is 453 g/mol. The van der Waals surface area contributed by atoms with Gasteiger partial charge in [-0.3, -0.25) is 9.59 Å². The van der Waals surface area contributed by atoms with Crippen molar-refractivity contribution in [3.05, 3.63) is 116 Å². The maximum Gasteiger partial charge on any atom is 0.291 e. The zero-order valence-corrected chi connectivity index (χ0v) is 19.8. The first-order chi connectivity index (χ1) is 16.1. The van der Waals surface area contributed by atoms with Gasteiger partial charge in [-0.05, 0) is 46.4 Å². The number of rotatable bonds is 3. The molecule has 0 fully saturated rings. The Bertz CT molecular complexity index is 1480. The minimum absolute atomic E-state index is 0.0129. The lowest BCUT2D eigenvalue weighted by Gasteiger charge is -2.26. The normalized spacial score (nSPS) is 15.7. The van der Waals surface area contributed by atoms with Crippen molar-refractivity contribution >= 4 is 28.5 Å². The van der Waals surface area contributed by atoms with E-state index < -0.39 is 23.2 Å². The van der Waals surface area contributed by atoms with Crippen LogP contribution in [0.4, 0.5) is 4.39 Å². The summed E-state index contributed by atoms with van der Waals surface area (Å²) in [5.74, 6) is -0.952. The molecule has 0 radical (unpaired) electrons. The van der Waals surface area contributed by atoms with E-state index in [9.17, 15) is 14.0 Å². The van der Waals surface area contributed by atoms with Gasteiger partial charge in [-0.25, -0.2) is 4.39 Å². The number of nitrogens with zero attached hydrogens (tertiary/aromatic N) is 1. The Morgan fingerprint density at radius 1 is 1.00 bits per heavy atom. The Hall–Kier alpha value is -3.44.